The number of carbonyl (C=O) groups excluding carboxylic acids is 2. The molecule has 0 aromatic carbocycles. The average Bonchev–Trinajstić information content (AvgIpc) is 1.81. The summed E-state index contributed by atoms with van der Waals surface area (Å²) in [4.78, 5) is 20.5. The van der Waals surface area contributed by atoms with Gasteiger partial charge in [0.05, 0.1) is 18.1 Å². The van der Waals surface area contributed by atoms with Crippen LogP contribution in [-0.2, 0) is 9.59 Å². The van der Waals surface area contributed by atoms with E-state index in [1.807, 2.05) is 5.32 Å². The van der Waals surface area contributed by atoms with Gasteiger partial charge in [0.2, 0.25) is 5.91 Å². The highest BCUT2D eigenvalue weighted by atomic mass is 16.4. The second-order valence-corrected chi connectivity index (χ2v) is 2.24. The van der Waals surface area contributed by atoms with Gasteiger partial charge in [0.15, 0.2) is 0 Å². The quantitative estimate of drug-likeness (QED) is 0.482. The number of carboxylic acid groups (broad SMARTS) is 1. The molecule has 1 amide bonds. The van der Waals surface area contributed by atoms with Crippen LogP contribution in [0, 0.1) is 0 Å². The Labute approximate surface area is 64.0 Å². The molecule has 0 radical (unpaired) electrons. The summed E-state index contributed by atoms with van der Waals surface area (Å²) >= 11 is 0. The number of aliphatic hydroxyl groups is 1. The van der Waals surface area contributed by atoms with Gasteiger partial charge in [-0.25, -0.2) is 0 Å². The molecule has 0 fully saturated rings. The molecule has 0 aliphatic rings. The zero-order valence-electron chi connectivity index (χ0n) is 6.33. The van der Waals surface area contributed by atoms with Gasteiger partial charge in [-0.2, -0.15) is 0 Å². The third-order valence-corrected chi connectivity index (χ3v) is 1.10. The van der Waals surface area contributed by atoms with Crippen LogP contribution in [0.2, 0.25) is 0 Å². The molecule has 2 N–H and O–H groups in total. The Morgan fingerprint density at radius 1 is 1.55 bits per heavy atom. The molecule has 0 bridgehead atoms. The van der Waals surface area contributed by atoms with Crippen LogP contribution in [0.1, 0.15) is 13.8 Å². The molecule has 5 heteroatoms. The topological polar surface area (TPSA) is 89.5 Å². The molecule has 0 rings (SSSR count). The van der Waals surface area contributed by atoms with Crippen LogP contribution in [0.15, 0.2) is 0 Å². The summed E-state index contributed by atoms with van der Waals surface area (Å²) in [5.74, 6) is -2.00. The van der Waals surface area contributed by atoms with Crippen molar-refractivity contribution in [3.63, 3.8) is 0 Å². The Balaban J connectivity index is 4.12. The van der Waals surface area contributed by atoms with E-state index in [2.05, 4.69) is 0 Å². The standard InChI is InChI=1S/C6H11NO4/c1-3(8)5(6(10)11)7-4(2)9/h3,5,8H,1-2H3,(H,7,9)(H,10,11)/p-1/t3-,5+/m1/s1. The van der Waals surface area contributed by atoms with Gasteiger partial charge in [0.25, 0.3) is 0 Å². The molecule has 0 aliphatic heterocycles. The van der Waals surface area contributed by atoms with E-state index in [-0.39, 0.29) is 0 Å². The molecular formula is C6H10NO4-. The minimum atomic E-state index is -1.49. The highest BCUT2D eigenvalue weighted by Crippen LogP contribution is 1.90. The van der Waals surface area contributed by atoms with Crippen LogP contribution in [0.4, 0.5) is 0 Å². The van der Waals surface area contributed by atoms with E-state index in [9.17, 15) is 14.7 Å². The second kappa shape index (κ2) is 3.92. The predicted octanol–water partition coefficient (Wildman–Crippen LogP) is -2.38. The summed E-state index contributed by atoms with van der Waals surface area (Å²) < 4.78 is 0. The Bertz CT molecular complexity index is 166. The zero-order valence-corrected chi connectivity index (χ0v) is 6.33. The van der Waals surface area contributed by atoms with Gasteiger partial charge in [-0.3, -0.25) is 4.79 Å². The van der Waals surface area contributed by atoms with Crippen molar-refractivity contribution < 1.29 is 19.8 Å². The number of nitrogens with one attached hydrogen (secondary N) is 1. The fraction of sp³-hybridized carbons (Fsp3) is 0.667. The Hall–Kier alpha value is -1.10. The van der Waals surface area contributed by atoms with Crippen LogP contribution in [0.3, 0.4) is 0 Å². The van der Waals surface area contributed by atoms with Gasteiger partial charge >= 0.3 is 0 Å². The van der Waals surface area contributed by atoms with E-state index in [4.69, 9.17) is 5.11 Å². The molecule has 5 nitrogen and oxygen atoms in total. The molecule has 0 saturated carbocycles. The molecule has 0 unspecified atom stereocenters. The number of hydrogen-bond donors (Lipinski definition) is 2. The number of rotatable bonds is 3. The average molecular weight is 160 g/mol. The highest BCUT2D eigenvalue weighted by Gasteiger charge is 2.16. The molecule has 0 aromatic heterocycles. The smallest absolute Gasteiger partial charge is 0.217 e. The fourth-order valence-electron chi connectivity index (χ4n) is 0.595. The number of hydrogen-bond acceptors (Lipinski definition) is 4. The highest BCUT2D eigenvalue weighted by molar-refractivity contribution is 5.81. The molecule has 0 heterocycles. The maximum atomic E-state index is 10.3. The zero-order chi connectivity index (χ0) is 9.02. The summed E-state index contributed by atoms with van der Waals surface area (Å²) in [7, 11) is 0. The lowest BCUT2D eigenvalue weighted by Gasteiger charge is -2.21. The molecule has 0 saturated heterocycles. The minimum Gasteiger partial charge on any atom is -0.548 e. The van der Waals surface area contributed by atoms with Crippen LogP contribution in [-0.4, -0.2) is 29.1 Å². The van der Waals surface area contributed by atoms with E-state index in [1.165, 1.54) is 6.92 Å². The van der Waals surface area contributed by atoms with Crippen molar-refractivity contribution >= 4 is 11.9 Å². The fourth-order valence-corrected chi connectivity index (χ4v) is 0.595. The number of amides is 1. The van der Waals surface area contributed by atoms with Crippen molar-refractivity contribution in [2.75, 3.05) is 0 Å². The lowest BCUT2D eigenvalue weighted by molar-refractivity contribution is -0.310. The molecule has 0 aromatic rings. The first-order valence-electron chi connectivity index (χ1n) is 3.11. The summed E-state index contributed by atoms with van der Waals surface area (Å²) in [5.41, 5.74) is 0. The Morgan fingerprint density at radius 2 is 2.00 bits per heavy atom. The van der Waals surface area contributed by atoms with Gasteiger partial charge in [0.1, 0.15) is 0 Å². The van der Waals surface area contributed by atoms with Crippen molar-refractivity contribution in [1.82, 2.24) is 5.32 Å². The van der Waals surface area contributed by atoms with Crippen LogP contribution in [0.5, 0.6) is 0 Å². The summed E-state index contributed by atoms with van der Waals surface area (Å²) in [6.07, 6.45) is -1.15. The number of carboxylic acids is 1. The van der Waals surface area contributed by atoms with E-state index in [1.54, 1.807) is 0 Å². The lowest BCUT2D eigenvalue weighted by atomic mass is 10.2. The lowest BCUT2D eigenvalue weighted by Crippen LogP contribution is -2.52. The van der Waals surface area contributed by atoms with E-state index < -0.39 is 24.0 Å². The maximum absolute atomic E-state index is 10.3. The molecule has 0 spiro atoms. The Kier molecular flexibility index (Phi) is 3.53. The molecule has 64 valence electrons. The van der Waals surface area contributed by atoms with Gasteiger partial charge in [-0.15, -0.1) is 0 Å². The van der Waals surface area contributed by atoms with Gasteiger partial charge in [-0.1, -0.05) is 0 Å². The third-order valence-electron chi connectivity index (χ3n) is 1.10. The van der Waals surface area contributed by atoms with Gasteiger partial charge < -0.3 is 20.3 Å². The molecular weight excluding hydrogens is 150 g/mol. The van der Waals surface area contributed by atoms with Crippen LogP contribution >= 0.6 is 0 Å². The first-order valence-corrected chi connectivity index (χ1v) is 3.11. The third kappa shape index (κ3) is 3.57. The molecule has 0 aliphatic carbocycles. The van der Waals surface area contributed by atoms with E-state index in [0.717, 1.165) is 6.92 Å². The first kappa shape index (κ1) is 9.90. The monoisotopic (exact) mass is 160 g/mol. The number of carbonyl (C=O) groups is 2. The molecule has 11 heavy (non-hydrogen) atoms. The van der Waals surface area contributed by atoms with E-state index in [0.29, 0.717) is 0 Å². The minimum absolute atomic E-state index is 0.514. The summed E-state index contributed by atoms with van der Waals surface area (Å²) in [6.45, 7) is 2.43. The Morgan fingerprint density at radius 3 is 2.09 bits per heavy atom. The van der Waals surface area contributed by atoms with E-state index >= 15 is 0 Å². The SMILES string of the molecule is CC(=O)N[C@H](C(=O)[O-])[C@@H](C)O. The van der Waals surface area contributed by atoms with Crippen molar-refractivity contribution in [3.05, 3.63) is 0 Å². The first-order chi connectivity index (χ1) is 4.95. The largest absolute Gasteiger partial charge is 0.548 e. The molecule has 2 atom stereocenters. The van der Waals surface area contributed by atoms with Crippen LogP contribution in [0.25, 0.3) is 0 Å². The van der Waals surface area contributed by atoms with Crippen molar-refractivity contribution in [1.29, 1.82) is 0 Å². The number of aliphatic hydroxyl groups excluding tert-OH is 1. The van der Waals surface area contributed by atoms with Crippen molar-refractivity contribution in [2.24, 2.45) is 0 Å². The number of aliphatic carboxylic acids is 1. The van der Waals surface area contributed by atoms with Crippen molar-refractivity contribution in [3.8, 4) is 0 Å². The predicted molar refractivity (Wildman–Crippen MR) is 34.3 cm³/mol. The summed E-state index contributed by atoms with van der Waals surface area (Å²) in [6, 6.07) is -1.33. The van der Waals surface area contributed by atoms with Gasteiger partial charge in [0, 0.05) is 6.92 Å². The normalized spacial score (nSPS) is 15.2. The summed E-state index contributed by atoms with van der Waals surface area (Å²) in [5, 5.41) is 21.0. The van der Waals surface area contributed by atoms with Crippen molar-refractivity contribution in [2.45, 2.75) is 26.0 Å². The van der Waals surface area contributed by atoms with Crippen LogP contribution < -0.4 is 10.4 Å². The second-order valence-electron chi connectivity index (χ2n) is 2.24. The van der Waals surface area contributed by atoms with Gasteiger partial charge in [-0.05, 0) is 6.92 Å². The maximum Gasteiger partial charge on any atom is 0.217 e.